The fraction of sp³-hybridized carbons (Fsp3) is 1.00. The second kappa shape index (κ2) is 10.6. The minimum atomic E-state index is 1.12. The van der Waals surface area contributed by atoms with Gasteiger partial charge in [0, 0.05) is 39.3 Å². The summed E-state index contributed by atoms with van der Waals surface area (Å²) >= 11 is 0. The summed E-state index contributed by atoms with van der Waals surface area (Å²) in [5, 5.41) is 3.58. The molecule has 1 aliphatic rings. The maximum Gasteiger partial charge on any atom is 0.0110 e. The van der Waals surface area contributed by atoms with Crippen LogP contribution in [0.25, 0.3) is 0 Å². The van der Waals surface area contributed by atoms with Crippen molar-refractivity contribution in [2.45, 2.75) is 27.2 Å². The van der Waals surface area contributed by atoms with Gasteiger partial charge < -0.3 is 20.0 Å². The highest BCUT2D eigenvalue weighted by Crippen LogP contribution is 1.98. The molecule has 4 heteroatoms. The SMILES string of the molecule is CCN1CCCN(CC)CCN(CC)CCNCC1. The van der Waals surface area contributed by atoms with Crippen LogP contribution in [0.1, 0.15) is 27.2 Å². The quantitative estimate of drug-likeness (QED) is 0.824. The van der Waals surface area contributed by atoms with E-state index in [9.17, 15) is 0 Å². The van der Waals surface area contributed by atoms with Crippen LogP contribution < -0.4 is 5.32 Å². The monoisotopic (exact) mass is 270 g/mol. The van der Waals surface area contributed by atoms with Crippen LogP contribution in [-0.2, 0) is 0 Å². The second-order valence-electron chi connectivity index (χ2n) is 5.41. The van der Waals surface area contributed by atoms with Gasteiger partial charge in [-0.2, -0.15) is 0 Å². The van der Waals surface area contributed by atoms with E-state index < -0.39 is 0 Å². The van der Waals surface area contributed by atoms with Crippen molar-refractivity contribution in [2.75, 3.05) is 72.0 Å². The molecule has 0 unspecified atom stereocenters. The summed E-state index contributed by atoms with van der Waals surface area (Å²) in [7, 11) is 0. The van der Waals surface area contributed by atoms with Crippen molar-refractivity contribution in [2.24, 2.45) is 0 Å². The van der Waals surface area contributed by atoms with Crippen LogP contribution in [0.4, 0.5) is 0 Å². The number of likely N-dealkylation sites (N-methyl/N-ethyl adjacent to an activating group) is 3. The molecule has 0 aromatic carbocycles. The molecule has 0 spiro atoms. The molecule has 1 N–H and O–H groups in total. The minimum Gasteiger partial charge on any atom is -0.314 e. The smallest absolute Gasteiger partial charge is 0.0110 e. The van der Waals surface area contributed by atoms with Crippen LogP contribution in [0.2, 0.25) is 0 Å². The maximum absolute atomic E-state index is 3.58. The van der Waals surface area contributed by atoms with Crippen molar-refractivity contribution in [3.63, 3.8) is 0 Å². The minimum absolute atomic E-state index is 1.12. The first-order chi connectivity index (χ1) is 9.30. The summed E-state index contributed by atoms with van der Waals surface area (Å²) in [6.45, 7) is 19.9. The van der Waals surface area contributed by atoms with Gasteiger partial charge in [0.25, 0.3) is 0 Å². The average molecular weight is 270 g/mol. The molecule has 114 valence electrons. The molecule has 0 radical (unpaired) electrons. The Balaban J connectivity index is 2.45. The Hall–Kier alpha value is -0.160. The third-order valence-corrected chi connectivity index (χ3v) is 4.23. The largest absolute Gasteiger partial charge is 0.314 e. The van der Waals surface area contributed by atoms with Crippen molar-refractivity contribution < 1.29 is 0 Å². The van der Waals surface area contributed by atoms with Gasteiger partial charge in [-0.3, -0.25) is 0 Å². The predicted octanol–water partition coefficient (Wildman–Crippen LogP) is 0.945. The fourth-order valence-electron chi connectivity index (χ4n) is 2.68. The third kappa shape index (κ3) is 7.25. The molecule has 19 heavy (non-hydrogen) atoms. The predicted molar refractivity (Wildman–Crippen MR) is 83.8 cm³/mol. The van der Waals surface area contributed by atoms with Gasteiger partial charge in [0.15, 0.2) is 0 Å². The lowest BCUT2D eigenvalue weighted by Gasteiger charge is -2.26. The van der Waals surface area contributed by atoms with Gasteiger partial charge in [-0.15, -0.1) is 0 Å². The first-order valence-electron chi connectivity index (χ1n) is 8.17. The van der Waals surface area contributed by atoms with E-state index in [1.54, 1.807) is 0 Å². The summed E-state index contributed by atoms with van der Waals surface area (Å²) in [6.07, 6.45) is 1.30. The van der Waals surface area contributed by atoms with Crippen molar-refractivity contribution in [1.82, 2.24) is 20.0 Å². The zero-order chi connectivity index (χ0) is 13.9. The van der Waals surface area contributed by atoms with Crippen molar-refractivity contribution in [1.29, 1.82) is 0 Å². The molecule has 0 bridgehead atoms. The molecule has 0 amide bonds. The van der Waals surface area contributed by atoms with Gasteiger partial charge in [-0.05, 0) is 39.1 Å². The lowest BCUT2D eigenvalue weighted by molar-refractivity contribution is 0.207. The van der Waals surface area contributed by atoms with Gasteiger partial charge in [-0.1, -0.05) is 20.8 Å². The topological polar surface area (TPSA) is 21.8 Å². The Morgan fingerprint density at radius 2 is 1.05 bits per heavy atom. The summed E-state index contributed by atoms with van der Waals surface area (Å²) in [6, 6.07) is 0. The molecule has 1 fully saturated rings. The van der Waals surface area contributed by atoms with Crippen molar-refractivity contribution >= 4 is 0 Å². The summed E-state index contributed by atoms with van der Waals surface area (Å²) in [5.41, 5.74) is 0. The van der Waals surface area contributed by atoms with Crippen LogP contribution in [0, 0.1) is 0 Å². The maximum atomic E-state index is 3.58. The number of hydrogen-bond donors (Lipinski definition) is 1. The van der Waals surface area contributed by atoms with Crippen LogP contribution in [0.15, 0.2) is 0 Å². The lowest BCUT2D eigenvalue weighted by atomic mass is 10.3. The molecule has 0 aromatic rings. The zero-order valence-electron chi connectivity index (χ0n) is 13.3. The Morgan fingerprint density at radius 3 is 1.53 bits per heavy atom. The van der Waals surface area contributed by atoms with E-state index in [0.717, 1.165) is 13.1 Å². The summed E-state index contributed by atoms with van der Waals surface area (Å²) < 4.78 is 0. The number of rotatable bonds is 3. The Labute approximate surface area is 120 Å². The zero-order valence-corrected chi connectivity index (χ0v) is 13.3. The first kappa shape index (κ1) is 16.9. The van der Waals surface area contributed by atoms with E-state index in [4.69, 9.17) is 0 Å². The molecule has 1 saturated heterocycles. The van der Waals surface area contributed by atoms with Gasteiger partial charge >= 0.3 is 0 Å². The Bertz CT molecular complexity index is 210. The standard InChI is InChI=1S/C15H34N4/c1-4-17-10-7-11-18(5-2)14-15-19(6-3)13-9-16-8-12-17/h16H,4-15H2,1-3H3. The number of hydrogen-bond acceptors (Lipinski definition) is 4. The molecular formula is C15H34N4. The molecule has 0 saturated carbocycles. The van der Waals surface area contributed by atoms with Crippen molar-refractivity contribution in [3.8, 4) is 0 Å². The van der Waals surface area contributed by atoms with E-state index in [1.165, 1.54) is 65.3 Å². The number of nitrogens with one attached hydrogen (secondary N) is 1. The Kier molecular flexibility index (Phi) is 9.43. The van der Waals surface area contributed by atoms with E-state index in [-0.39, 0.29) is 0 Å². The first-order valence-corrected chi connectivity index (χ1v) is 8.17. The molecular weight excluding hydrogens is 236 g/mol. The molecule has 4 nitrogen and oxygen atoms in total. The second-order valence-corrected chi connectivity index (χ2v) is 5.41. The van der Waals surface area contributed by atoms with E-state index in [1.807, 2.05) is 0 Å². The molecule has 0 aliphatic carbocycles. The van der Waals surface area contributed by atoms with E-state index in [2.05, 4.69) is 40.8 Å². The van der Waals surface area contributed by atoms with E-state index >= 15 is 0 Å². The number of nitrogens with zero attached hydrogens (tertiary/aromatic N) is 3. The van der Waals surface area contributed by atoms with Crippen LogP contribution >= 0.6 is 0 Å². The summed E-state index contributed by atoms with van der Waals surface area (Å²) in [4.78, 5) is 7.73. The van der Waals surface area contributed by atoms with Gasteiger partial charge in [0.1, 0.15) is 0 Å². The van der Waals surface area contributed by atoms with Crippen LogP contribution in [0.3, 0.4) is 0 Å². The fourth-order valence-corrected chi connectivity index (χ4v) is 2.68. The van der Waals surface area contributed by atoms with Crippen LogP contribution in [-0.4, -0.2) is 86.7 Å². The highest BCUT2D eigenvalue weighted by molar-refractivity contribution is 4.67. The summed E-state index contributed by atoms with van der Waals surface area (Å²) in [5.74, 6) is 0. The molecule has 0 atom stereocenters. The van der Waals surface area contributed by atoms with E-state index in [0.29, 0.717) is 0 Å². The third-order valence-electron chi connectivity index (χ3n) is 4.23. The highest BCUT2D eigenvalue weighted by atomic mass is 15.2. The molecule has 1 rings (SSSR count). The van der Waals surface area contributed by atoms with Gasteiger partial charge in [-0.25, -0.2) is 0 Å². The molecule has 1 heterocycles. The average Bonchev–Trinajstić information content (AvgIpc) is 2.46. The van der Waals surface area contributed by atoms with Gasteiger partial charge in [0.2, 0.25) is 0 Å². The molecule has 1 aliphatic heterocycles. The lowest BCUT2D eigenvalue weighted by Crippen LogP contribution is -2.39. The van der Waals surface area contributed by atoms with Crippen LogP contribution in [0.5, 0.6) is 0 Å². The Morgan fingerprint density at radius 1 is 0.632 bits per heavy atom. The van der Waals surface area contributed by atoms with Crippen molar-refractivity contribution in [3.05, 3.63) is 0 Å². The van der Waals surface area contributed by atoms with Gasteiger partial charge in [0.05, 0.1) is 0 Å². The molecule has 0 aromatic heterocycles. The normalized spacial score (nSPS) is 23.5. The highest BCUT2D eigenvalue weighted by Gasteiger charge is 2.09.